The lowest BCUT2D eigenvalue weighted by Crippen LogP contribution is -2.43. The quantitative estimate of drug-likeness (QED) is 0.886. The highest BCUT2D eigenvalue weighted by molar-refractivity contribution is 5.88. The molecule has 2 atom stereocenters. The summed E-state index contributed by atoms with van der Waals surface area (Å²) in [4.78, 5) is 25.2. The van der Waals surface area contributed by atoms with Crippen molar-refractivity contribution < 1.29 is 24.2 Å². The number of benzene rings is 1. The van der Waals surface area contributed by atoms with E-state index in [0.717, 1.165) is 18.4 Å². The molecule has 0 aromatic heterocycles. The third-order valence-corrected chi connectivity index (χ3v) is 4.08. The molecule has 2 aliphatic heterocycles. The van der Waals surface area contributed by atoms with Crippen LogP contribution in [0.25, 0.3) is 0 Å². The summed E-state index contributed by atoms with van der Waals surface area (Å²) < 4.78 is 11.1. The van der Waals surface area contributed by atoms with Crippen LogP contribution in [0.1, 0.15) is 24.3 Å². The Kier molecular flexibility index (Phi) is 4.29. The zero-order valence-electron chi connectivity index (χ0n) is 12.2. The highest BCUT2D eigenvalue weighted by Gasteiger charge is 2.35. The number of aliphatic carboxylic acids is 1. The summed E-state index contributed by atoms with van der Waals surface area (Å²) in [5.74, 6) is -0.952. The van der Waals surface area contributed by atoms with E-state index >= 15 is 0 Å². The maximum absolute atomic E-state index is 12.8. The van der Waals surface area contributed by atoms with E-state index in [-0.39, 0.29) is 25.2 Å². The van der Waals surface area contributed by atoms with E-state index in [0.29, 0.717) is 18.9 Å². The molecule has 2 aliphatic rings. The van der Waals surface area contributed by atoms with Crippen molar-refractivity contribution in [3.63, 3.8) is 0 Å². The van der Waals surface area contributed by atoms with E-state index in [4.69, 9.17) is 14.6 Å². The van der Waals surface area contributed by atoms with Gasteiger partial charge in [-0.25, -0.2) is 0 Å². The summed E-state index contributed by atoms with van der Waals surface area (Å²) >= 11 is 0. The Bertz CT molecular complexity index is 567. The van der Waals surface area contributed by atoms with Crippen LogP contribution in [0.3, 0.4) is 0 Å². The van der Waals surface area contributed by atoms with E-state index < -0.39 is 11.9 Å². The van der Waals surface area contributed by atoms with Gasteiger partial charge >= 0.3 is 5.97 Å². The van der Waals surface area contributed by atoms with Crippen molar-refractivity contribution in [2.24, 2.45) is 0 Å². The Morgan fingerprint density at radius 1 is 1.32 bits per heavy atom. The molecule has 2 unspecified atom stereocenters. The van der Waals surface area contributed by atoms with Crippen LogP contribution >= 0.6 is 0 Å². The number of carboxylic acid groups (broad SMARTS) is 1. The van der Waals surface area contributed by atoms with Crippen LogP contribution in [0.2, 0.25) is 0 Å². The summed E-state index contributed by atoms with van der Waals surface area (Å²) in [7, 11) is 0. The second kappa shape index (κ2) is 6.36. The molecule has 0 aliphatic carbocycles. The molecular formula is C16H19NO5. The summed E-state index contributed by atoms with van der Waals surface area (Å²) in [6.07, 6.45) is 1.75. The average Bonchev–Trinajstić information content (AvgIpc) is 3.14. The van der Waals surface area contributed by atoms with Crippen LogP contribution in [0, 0.1) is 0 Å². The van der Waals surface area contributed by atoms with Crippen molar-refractivity contribution in [3.05, 3.63) is 29.8 Å². The maximum Gasteiger partial charge on any atom is 0.323 e. The van der Waals surface area contributed by atoms with E-state index in [9.17, 15) is 9.59 Å². The Hall–Kier alpha value is -2.08. The number of rotatable bonds is 5. The first-order valence-electron chi connectivity index (χ1n) is 7.49. The Morgan fingerprint density at radius 3 is 2.86 bits per heavy atom. The molecule has 118 valence electrons. The fraction of sp³-hybridized carbons (Fsp3) is 0.500. The lowest BCUT2D eigenvalue weighted by Gasteiger charge is -2.26. The number of ether oxygens (including phenoxy) is 2. The summed E-state index contributed by atoms with van der Waals surface area (Å²) in [5.41, 5.74) is 0.829. The molecule has 1 saturated heterocycles. The highest BCUT2D eigenvalue weighted by Crippen LogP contribution is 2.34. The van der Waals surface area contributed by atoms with Crippen LogP contribution in [-0.4, -0.2) is 54.3 Å². The third-order valence-electron chi connectivity index (χ3n) is 4.08. The lowest BCUT2D eigenvalue weighted by atomic mass is 9.99. The van der Waals surface area contributed by atoms with Gasteiger partial charge in [0.15, 0.2) is 0 Å². The van der Waals surface area contributed by atoms with Gasteiger partial charge in [0.25, 0.3) is 0 Å². The Balaban J connectivity index is 1.75. The number of carbonyl (C=O) groups excluding carboxylic acids is 1. The molecule has 1 aromatic rings. The van der Waals surface area contributed by atoms with Crippen LogP contribution in [0.4, 0.5) is 0 Å². The van der Waals surface area contributed by atoms with Gasteiger partial charge in [0.05, 0.1) is 6.10 Å². The number of hydrogen-bond acceptors (Lipinski definition) is 4. The molecule has 0 bridgehead atoms. The van der Waals surface area contributed by atoms with E-state index in [1.807, 2.05) is 24.3 Å². The third kappa shape index (κ3) is 3.06. The van der Waals surface area contributed by atoms with Crippen molar-refractivity contribution in [3.8, 4) is 5.75 Å². The average molecular weight is 305 g/mol. The number of fused-ring (bicyclic) bond motifs is 1. The first-order valence-corrected chi connectivity index (χ1v) is 7.49. The Morgan fingerprint density at radius 2 is 2.14 bits per heavy atom. The van der Waals surface area contributed by atoms with Crippen LogP contribution in [0.15, 0.2) is 24.3 Å². The molecule has 6 nitrogen and oxygen atoms in total. The predicted molar refractivity (Wildman–Crippen MR) is 77.9 cm³/mol. The fourth-order valence-electron chi connectivity index (χ4n) is 3.02. The zero-order chi connectivity index (χ0) is 15.5. The largest absolute Gasteiger partial charge is 0.492 e. The predicted octanol–water partition coefficient (Wildman–Crippen LogP) is 1.25. The highest BCUT2D eigenvalue weighted by atomic mass is 16.5. The summed E-state index contributed by atoms with van der Waals surface area (Å²) in [6.45, 7) is 0.954. The number of para-hydroxylation sites is 1. The molecular weight excluding hydrogens is 286 g/mol. The topological polar surface area (TPSA) is 76.1 Å². The van der Waals surface area contributed by atoms with E-state index in [1.54, 1.807) is 0 Å². The van der Waals surface area contributed by atoms with E-state index in [1.165, 1.54) is 4.90 Å². The lowest BCUT2D eigenvalue weighted by molar-refractivity contribution is -0.146. The van der Waals surface area contributed by atoms with Crippen molar-refractivity contribution in [2.75, 3.05) is 26.3 Å². The van der Waals surface area contributed by atoms with Crippen molar-refractivity contribution in [1.82, 2.24) is 4.90 Å². The van der Waals surface area contributed by atoms with Gasteiger partial charge in [-0.05, 0) is 18.9 Å². The second-order valence-corrected chi connectivity index (χ2v) is 5.65. The van der Waals surface area contributed by atoms with Gasteiger partial charge in [0.1, 0.15) is 24.8 Å². The molecule has 2 heterocycles. The summed E-state index contributed by atoms with van der Waals surface area (Å²) in [6, 6.07) is 7.39. The molecule has 1 amide bonds. The van der Waals surface area contributed by atoms with Gasteiger partial charge in [0.2, 0.25) is 5.91 Å². The first kappa shape index (κ1) is 14.8. The van der Waals surface area contributed by atoms with Gasteiger partial charge < -0.3 is 19.5 Å². The molecule has 0 saturated carbocycles. The van der Waals surface area contributed by atoms with E-state index in [2.05, 4.69) is 0 Å². The number of nitrogens with zero attached hydrogens (tertiary/aromatic N) is 1. The minimum atomic E-state index is -1.02. The van der Waals surface area contributed by atoms with Crippen molar-refractivity contribution in [1.29, 1.82) is 0 Å². The fourth-order valence-corrected chi connectivity index (χ4v) is 3.02. The van der Waals surface area contributed by atoms with Crippen LogP contribution in [0.5, 0.6) is 5.75 Å². The first-order chi connectivity index (χ1) is 10.6. The monoisotopic (exact) mass is 305 g/mol. The van der Waals surface area contributed by atoms with Gasteiger partial charge in [-0.2, -0.15) is 0 Å². The van der Waals surface area contributed by atoms with Crippen molar-refractivity contribution in [2.45, 2.75) is 24.9 Å². The number of carbonyl (C=O) groups is 2. The molecule has 1 aromatic carbocycles. The standard InChI is InChI=1S/C16H19NO5/c18-15(19)9-17(8-11-4-3-7-21-11)16(20)13-10-22-14-6-2-1-5-12(13)14/h1-2,5-6,11,13H,3-4,7-10H2,(H,18,19). The van der Waals surface area contributed by atoms with Crippen LogP contribution < -0.4 is 4.74 Å². The SMILES string of the molecule is O=C(O)CN(CC1CCCO1)C(=O)C1COc2ccccc21. The number of amides is 1. The minimum Gasteiger partial charge on any atom is -0.492 e. The summed E-state index contributed by atoms with van der Waals surface area (Å²) in [5, 5.41) is 9.08. The molecule has 6 heteroatoms. The number of hydrogen-bond donors (Lipinski definition) is 1. The molecule has 0 spiro atoms. The maximum atomic E-state index is 12.8. The zero-order valence-corrected chi connectivity index (χ0v) is 12.2. The molecule has 0 radical (unpaired) electrons. The van der Waals surface area contributed by atoms with Gasteiger partial charge in [-0.15, -0.1) is 0 Å². The molecule has 3 rings (SSSR count). The minimum absolute atomic E-state index is 0.0686. The smallest absolute Gasteiger partial charge is 0.323 e. The normalized spacial score (nSPS) is 22.9. The van der Waals surface area contributed by atoms with Crippen molar-refractivity contribution >= 4 is 11.9 Å². The van der Waals surface area contributed by atoms with Gasteiger partial charge in [0, 0.05) is 18.7 Å². The van der Waals surface area contributed by atoms with Gasteiger partial charge in [-0.3, -0.25) is 9.59 Å². The molecule has 1 N–H and O–H groups in total. The second-order valence-electron chi connectivity index (χ2n) is 5.65. The molecule has 1 fully saturated rings. The van der Waals surface area contributed by atoms with Crippen LogP contribution in [-0.2, 0) is 14.3 Å². The molecule has 22 heavy (non-hydrogen) atoms. The number of carboxylic acids is 1. The van der Waals surface area contributed by atoms with Gasteiger partial charge in [-0.1, -0.05) is 18.2 Å². The Labute approximate surface area is 128 Å².